The van der Waals surface area contributed by atoms with Gasteiger partial charge in [-0.15, -0.1) is 0 Å². The van der Waals surface area contributed by atoms with Crippen LogP contribution in [-0.4, -0.2) is 74.0 Å². The summed E-state index contributed by atoms with van der Waals surface area (Å²) in [5.74, 6) is -0.0564. The Labute approximate surface area is 150 Å². The Hall–Kier alpha value is -1.89. The summed E-state index contributed by atoms with van der Waals surface area (Å²) in [5.41, 5.74) is 0.629. The third kappa shape index (κ3) is 5.85. The quantitative estimate of drug-likeness (QED) is 0.491. The van der Waals surface area contributed by atoms with E-state index in [-0.39, 0.29) is 36.4 Å². The molecule has 1 heterocycles. The van der Waals surface area contributed by atoms with Crippen molar-refractivity contribution in [1.29, 1.82) is 0 Å². The lowest BCUT2D eigenvalue weighted by molar-refractivity contribution is -0.132. The standard InChI is InChI=1S/C18H31N3O4/c1-13(2)16(20(4)17(23)10-19-12-22)9-14(3)18(24)21-8-6-7-15(21)11-25-5/h9,12-13,15-16H,6-8,10-11H2,1-5H3,(H,19,22)/t15-,16+/m0/s1. The number of nitrogens with zero attached hydrogens (tertiary/aromatic N) is 2. The molecule has 1 aliphatic heterocycles. The molecule has 3 amide bonds. The predicted octanol–water partition coefficient (Wildman–Crippen LogP) is 0.799. The van der Waals surface area contributed by atoms with Crippen LogP contribution in [0.5, 0.6) is 0 Å². The molecule has 0 radical (unpaired) electrons. The van der Waals surface area contributed by atoms with E-state index in [0.717, 1.165) is 19.4 Å². The van der Waals surface area contributed by atoms with Crippen LogP contribution in [0.3, 0.4) is 0 Å². The van der Waals surface area contributed by atoms with Crippen molar-refractivity contribution in [3.63, 3.8) is 0 Å². The monoisotopic (exact) mass is 353 g/mol. The molecule has 0 bridgehead atoms. The van der Waals surface area contributed by atoms with Gasteiger partial charge in [0.2, 0.25) is 18.2 Å². The van der Waals surface area contributed by atoms with Crippen LogP contribution in [0.2, 0.25) is 0 Å². The van der Waals surface area contributed by atoms with Crippen LogP contribution >= 0.6 is 0 Å². The molecule has 0 aromatic rings. The highest BCUT2D eigenvalue weighted by Gasteiger charge is 2.30. The molecule has 0 spiro atoms. The van der Waals surface area contributed by atoms with E-state index in [1.165, 1.54) is 0 Å². The Morgan fingerprint density at radius 3 is 2.64 bits per heavy atom. The van der Waals surface area contributed by atoms with Crippen LogP contribution in [0.4, 0.5) is 0 Å². The normalized spacial score (nSPS) is 19.0. The minimum Gasteiger partial charge on any atom is -0.383 e. The van der Waals surface area contributed by atoms with Gasteiger partial charge in [-0.1, -0.05) is 19.9 Å². The number of amides is 3. The van der Waals surface area contributed by atoms with Crippen molar-refractivity contribution in [3.8, 4) is 0 Å². The van der Waals surface area contributed by atoms with Crippen LogP contribution < -0.4 is 5.32 Å². The second kappa shape index (κ2) is 10.2. The van der Waals surface area contributed by atoms with Crippen LogP contribution in [0.25, 0.3) is 0 Å². The van der Waals surface area contributed by atoms with Gasteiger partial charge >= 0.3 is 0 Å². The Morgan fingerprint density at radius 1 is 1.40 bits per heavy atom. The third-order valence-corrected chi connectivity index (χ3v) is 4.62. The number of rotatable bonds is 9. The van der Waals surface area contributed by atoms with Gasteiger partial charge in [0, 0.05) is 26.3 Å². The van der Waals surface area contributed by atoms with E-state index >= 15 is 0 Å². The van der Waals surface area contributed by atoms with E-state index in [9.17, 15) is 14.4 Å². The van der Waals surface area contributed by atoms with E-state index in [0.29, 0.717) is 18.6 Å². The number of hydrogen-bond donors (Lipinski definition) is 1. The fourth-order valence-corrected chi connectivity index (χ4v) is 3.19. The molecule has 0 aromatic heterocycles. The highest BCUT2D eigenvalue weighted by atomic mass is 16.5. The number of likely N-dealkylation sites (N-methyl/N-ethyl adjacent to an activating group) is 1. The largest absolute Gasteiger partial charge is 0.383 e. The number of hydrogen-bond acceptors (Lipinski definition) is 4. The van der Waals surface area contributed by atoms with Gasteiger partial charge in [-0.05, 0) is 25.7 Å². The summed E-state index contributed by atoms with van der Waals surface area (Å²) in [7, 11) is 3.34. The number of carbonyl (C=O) groups excluding carboxylic acids is 3. The van der Waals surface area contributed by atoms with Crippen molar-refractivity contribution in [1.82, 2.24) is 15.1 Å². The molecule has 25 heavy (non-hydrogen) atoms. The number of carbonyl (C=O) groups is 3. The summed E-state index contributed by atoms with van der Waals surface area (Å²) in [6.45, 7) is 7.03. The molecule has 1 aliphatic rings. The average molecular weight is 353 g/mol. The summed E-state index contributed by atoms with van der Waals surface area (Å²) in [5, 5.41) is 2.38. The molecule has 0 unspecified atom stereocenters. The lowest BCUT2D eigenvalue weighted by Gasteiger charge is -2.30. The number of nitrogens with one attached hydrogen (secondary N) is 1. The topological polar surface area (TPSA) is 79.0 Å². The van der Waals surface area contributed by atoms with Crippen molar-refractivity contribution in [2.75, 3.05) is 33.9 Å². The minimum absolute atomic E-state index is 0.00272. The SMILES string of the molecule is COC[C@@H]1CCCN1C(=O)C(C)=C[C@H](C(C)C)N(C)C(=O)CNC=O. The van der Waals surface area contributed by atoms with Crippen molar-refractivity contribution >= 4 is 18.2 Å². The van der Waals surface area contributed by atoms with Gasteiger partial charge in [0.1, 0.15) is 0 Å². The molecule has 1 fully saturated rings. The van der Waals surface area contributed by atoms with Gasteiger partial charge in [-0.3, -0.25) is 14.4 Å². The van der Waals surface area contributed by atoms with Crippen LogP contribution in [0.15, 0.2) is 11.6 Å². The first-order chi connectivity index (χ1) is 11.8. The van der Waals surface area contributed by atoms with E-state index in [1.54, 1.807) is 26.0 Å². The fraction of sp³-hybridized carbons (Fsp3) is 0.722. The summed E-state index contributed by atoms with van der Waals surface area (Å²) < 4.78 is 5.21. The van der Waals surface area contributed by atoms with Crippen LogP contribution in [-0.2, 0) is 19.1 Å². The number of methoxy groups -OCH3 is 1. The lowest BCUT2D eigenvalue weighted by Crippen LogP contribution is -2.44. The van der Waals surface area contributed by atoms with Gasteiger partial charge in [0.15, 0.2) is 0 Å². The smallest absolute Gasteiger partial charge is 0.249 e. The molecule has 0 aliphatic carbocycles. The van der Waals surface area contributed by atoms with E-state index in [2.05, 4.69) is 5.32 Å². The third-order valence-electron chi connectivity index (χ3n) is 4.62. The van der Waals surface area contributed by atoms with Gasteiger partial charge in [0.05, 0.1) is 25.2 Å². The summed E-state index contributed by atoms with van der Waals surface area (Å²) in [6.07, 6.45) is 4.30. The highest BCUT2D eigenvalue weighted by Crippen LogP contribution is 2.21. The molecular weight excluding hydrogens is 322 g/mol. The number of ether oxygens (including phenoxy) is 1. The molecule has 2 atom stereocenters. The Morgan fingerprint density at radius 2 is 2.08 bits per heavy atom. The van der Waals surface area contributed by atoms with E-state index in [1.807, 2.05) is 24.8 Å². The van der Waals surface area contributed by atoms with Gasteiger partial charge < -0.3 is 19.9 Å². The molecule has 1 rings (SSSR count). The maximum atomic E-state index is 12.8. The Kier molecular flexibility index (Phi) is 8.61. The first-order valence-corrected chi connectivity index (χ1v) is 8.74. The maximum absolute atomic E-state index is 12.8. The molecule has 0 saturated carbocycles. The Balaban J connectivity index is 2.88. The minimum atomic E-state index is -0.214. The summed E-state index contributed by atoms with van der Waals surface area (Å²) >= 11 is 0. The predicted molar refractivity (Wildman–Crippen MR) is 95.8 cm³/mol. The van der Waals surface area contributed by atoms with Crippen molar-refractivity contribution in [2.45, 2.75) is 45.7 Å². The van der Waals surface area contributed by atoms with Gasteiger partial charge in [-0.25, -0.2) is 0 Å². The van der Waals surface area contributed by atoms with E-state index in [4.69, 9.17) is 4.74 Å². The van der Waals surface area contributed by atoms with Crippen LogP contribution in [0, 0.1) is 5.92 Å². The van der Waals surface area contributed by atoms with Crippen molar-refractivity contribution in [3.05, 3.63) is 11.6 Å². The summed E-state index contributed by atoms with van der Waals surface area (Å²) in [4.78, 5) is 38.8. The molecule has 7 nitrogen and oxygen atoms in total. The van der Waals surface area contributed by atoms with Gasteiger partial charge in [0.25, 0.3) is 0 Å². The molecule has 0 aromatic carbocycles. The molecule has 1 saturated heterocycles. The Bertz CT molecular complexity index is 505. The van der Waals surface area contributed by atoms with Gasteiger partial charge in [-0.2, -0.15) is 0 Å². The second-order valence-corrected chi connectivity index (χ2v) is 6.84. The summed E-state index contributed by atoms with van der Waals surface area (Å²) in [6, 6.07) is -0.0946. The number of likely N-dealkylation sites (tertiary alicyclic amines) is 1. The zero-order chi connectivity index (χ0) is 19.0. The fourth-order valence-electron chi connectivity index (χ4n) is 3.19. The lowest BCUT2D eigenvalue weighted by atomic mass is 9.99. The molecule has 1 N–H and O–H groups in total. The van der Waals surface area contributed by atoms with E-state index < -0.39 is 0 Å². The maximum Gasteiger partial charge on any atom is 0.249 e. The first-order valence-electron chi connectivity index (χ1n) is 8.74. The van der Waals surface area contributed by atoms with Crippen molar-refractivity contribution in [2.24, 2.45) is 5.92 Å². The molecule has 142 valence electrons. The van der Waals surface area contributed by atoms with Crippen LogP contribution in [0.1, 0.15) is 33.6 Å². The average Bonchev–Trinajstić information content (AvgIpc) is 3.04. The highest BCUT2D eigenvalue weighted by molar-refractivity contribution is 5.93. The molecule has 7 heteroatoms. The zero-order valence-electron chi connectivity index (χ0n) is 15.9. The zero-order valence-corrected chi connectivity index (χ0v) is 15.9. The molecular formula is C18H31N3O4. The second-order valence-electron chi connectivity index (χ2n) is 6.84. The first kappa shape index (κ1) is 21.2. The van der Waals surface area contributed by atoms with Crippen molar-refractivity contribution < 1.29 is 19.1 Å².